The zero-order valence-electron chi connectivity index (χ0n) is 9.86. The highest BCUT2D eigenvalue weighted by molar-refractivity contribution is 5.83. The van der Waals surface area contributed by atoms with E-state index in [2.05, 4.69) is 24.1 Å². The molecule has 0 aromatic heterocycles. The van der Waals surface area contributed by atoms with Gasteiger partial charge in [0.05, 0.1) is 0 Å². The third-order valence-corrected chi connectivity index (χ3v) is 3.68. The lowest BCUT2D eigenvalue weighted by Crippen LogP contribution is -2.67. The van der Waals surface area contributed by atoms with Crippen molar-refractivity contribution in [3.8, 4) is 0 Å². The van der Waals surface area contributed by atoms with Gasteiger partial charge in [0.25, 0.3) is 0 Å². The Balaban J connectivity index is 2.13. The van der Waals surface area contributed by atoms with E-state index in [9.17, 15) is 4.79 Å². The molecule has 2 aliphatic rings. The minimum absolute atomic E-state index is 0.0822. The van der Waals surface area contributed by atoms with Gasteiger partial charge in [-0.3, -0.25) is 9.69 Å². The van der Waals surface area contributed by atoms with Gasteiger partial charge in [0, 0.05) is 39.3 Å². The third kappa shape index (κ3) is 1.88. The molecule has 2 aliphatic heterocycles. The van der Waals surface area contributed by atoms with E-state index in [4.69, 9.17) is 0 Å². The normalized spacial score (nSPS) is 33.3. The molecule has 0 spiro atoms. The number of amides is 1. The number of carbonyl (C=O) groups is 1. The van der Waals surface area contributed by atoms with Crippen LogP contribution in [0.3, 0.4) is 0 Å². The van der Waals surface area contributed by atoms with Crippen molar-refractivity contribution >= 4 is 5.91 Å². The smallest absolute Gasteiger partial charge is 0.241 e. The molecular formula is C11H21N3O. The molecule has 0 aromatic carbocycles. The molecule has 0 aliphatic carbocycles. The molecule has 1 unspecified atom stereocenters. The second-order valence-electron chi connectivity index (χ2n) is 4.98. The average Bonchev–Trinajstić information content (AvgIpc) is 2.23. The molecule has 0 bridgehead atoms. The second kappa shape index (κ2) is 4.10. The maximum atomic E-state index is 12.1. The first-order valence-electron chi connectivity index (χ1n) is 5.82. The molecule has 2 atom stereocenters. The number of rotatable bonds is 1. The van der Waals surface area contributed by atoms with E-state index < -0.39 is 0 Å². The van der Waals surface area contributed by atoms with Crippen molar-refractivity contribution in [1.82, 2.24) is 15.1 Å². The van der Waals surface area contributed by atoms with Crippen LogP contribution in [0.15, 0.2) is 0 Å². The standard InChI is InChI=1S/C11H21N3O/c1-8(2)10-7-14-5-4-12-6-9(14)11(15)13(10)3/h8-10,12H,4-7H2,1-3H3/t9-,10?/m0/s1. The number of piperazine rings is 2. The minimum atomic E-state index is 0.0822. The van der Waals surface area contributed by atoms with Crippen LogP contribution >= 0.6 is 0 Å². The van der Waals surface area contributed by atoms with Gasteiger partial charge in [-0.2, -0.15) is 0 Å². The Morgan fingerprint density at radius 3 is 2.87 bits per heavy atom. The number of carbonyl (C=O) groups excluding carboxylic acids is 1. The van der Waals surface area contributed by atoms with Crippen molar-refractivity contribution in [2.24, 2.45) is 5.92 Å². The van der Waals surface area contributed by atoms with Crippen LogP contribution in [0.5, 0.6) is 0 Å². The monoisotopic (exact) mass is 211 g/mol. The van der Waals surface area contributed by atoms with E-state index >= 15 is 0 Å². The summed E-state index contributed by atoms with van der Waals surface area (Å²) in [5.41, 5.74) is 0. The van der Waals surface area contributed by atoms with Gasteiger partial charge in [-0.25, -0.2) is 0 Å². The van der Waals surface area contributed by atoms with Crippen molar-refractivity contribution in [3.63, 3.8) is 0 Å². The van der Waals surface area contributed by atoms with Crippen molar-refractivity contribution < 1.29 is 4.79 Å². The summed E-state index contributed by atoms with van der Waals surface area (Å²) < 4.78 is 0. The average molecular weight is 211 g/mol. The van der Waals surface area contributed by atoms with Crippen LogP contribution in [0.4, 0.5) is 0 Å². The quantitative estimate of drug-likeness (QED) is 0.650. The largest absolute Gasteiger partial charge is 0.340 e. The van der Waals surface area contributed by atoms with Gasteiger partial charge in [-0.1, -0.05) is 13.8 Å². The first-order valence-corrected chi connectivity index (χ1v) is 5.82. The topological polar surface area (TPSA) is 35.6 Å². The first kappa shape index (κ1) is 10.9. The Bertz CT molecular complexity index is 254. The lowest BCUT2D eigenvalue weighted by atomic mass is 9.96. The predicted octanol–water partition coefficient (Wildman–Crippen LogP) is -0.243. The molecule has 4 nitrogen and oxygen atoms in total. The fourth-order valence-electron chi connectivity index (χ4n) is 2.63. The van der Waals surface area contributed by atoms with Gasteiger partial charge in [-0.15, -0.1) is 0 Å². The van der Waals surface area contributed by atoms with Crippen LogP contribution in [-0.4, -0.2) is 61.0 Å². The summed E-state index contributed by atoms with van der Waals surface area (Å²) in [6.45, 7) is 8.25. The van der Waals surface area contributed by atoms with E-state index in [-0.39, 0.29) is 11.9 Å². The zero-order chi connectivity index (χ0) is 11.0. The van der Waals surface area contributed by atoms with E-state index in [1.807, 2.05) is 11.9 Å². The highest BCUT2D eigenvalue weighted by Crippen LogP contribution is 2.21. The minimum Gasteiger partial charge on any atom is -0.340 e. The van der Waals surface area contributed by atoms with Crippen LogP contribution in [0.25, 0.3) is 0 Å². The molecule has 0 aromatic rings. The number of nitrogens with zero attached hydrogens (tertiary/aromatic N) is 2. The summed E-state index contributed by atoms with van der Waals surface area (Å²) in [6, 6.07) is 0.464. The molecule has 2 heterocycles. The Labute approximate surface area is 91.6 Å². The van der Waals surface area contributed by atoms with Crippen molar-refractivity contribution in [3.05, 3.63) is 0 Å². The van der Waals surface area contributed by atoms with Gasteiger partial charge in [0.15, 0.2) is 0 Å². The number of nitrogens with one attached hydrogen (secondary N) is 1. The molecule has 0 saturated carbocycles. The summed E-state index contributed by atoms with van der Waals surface area (Å²) in [4.78, 5) is 16.4. The van der Waals surface area contributed by atoms with E-state index in [1.54, 1.807) is 0 Å². The van der Waals surface area contributed by atoms with Crippen LogP contribution in [0.2, 0.25) is 0 Å². The number of hydrogen-bond acceptors (Lipinski definition) is 3. The number of likely N-dealkylation sites (N-methyl/N-ethyl adjacent to an activating group) is 1. The highest BCUT2D eigenvalue weighted by Gasteiger charge is 2.40. The van der Waals surface area contributed by atoms with Gasteiger partial charge in [0.1, 0.15) is 6.04 Å². The highest BCUT2D eigenvalue weighted by atomic mass is 16.2. The molecule has 2 fully saturated rings. The second-order valence-corrected chi connectivity index (χ2v) is 4.98. The van der Waals surface area contributed by atoms with E-state index in [0.29, 0.717) is 12.0 Å². The summed E-state index contributed by atoms with van der Waals surface area (Å²) in [5.74, 6) is 0.821. The molecule has 2 rings (SSSR count). The predicted molar refractivity (Wildman–Crippen MR) is 59.6 cm³/mol. The molecule has 4 heteroatoms. The molecule has 0 radical (unpaired) electrons. The van der Waals surface area contributed by atoms with Crippen molar-refractivity contribution in [1.29, 1.82) is 0 Å². The van der Waals surface area contributed by atoms with Gasteiger partial charge in [-0.05, 0) is 5.92 Å². The fourth-order valence-corrected chi connectivity index (χ4v) is 2.63. The zero-order valence-corrected chi connectivity index (χ0v) is 9.86. The van der Waals surface area contributed by atoms with Gasteiger partial charge >= 0.3 is 0 Å². The van der Waals surface area contributed by atoms with Gasteiger partial charge in [0.2, 0.25) is 5.91 Å². The number of hydrogen-bond donors (Lipinski definition) is 1. The molecule has 1 N–H and O–H groups in total. The summed E-state index contributed by atoms with van der Waals surface area (Å²) in [7, 11) is 1.94. The maximum Gasteiger partial charge on any atom is 0.241 e. The summed E-state index contributed by atoms with van der Waals surface area (Å²) >= 11 is 0. The Kier molecular flexibility index (Phi) is 2.98. The Hall–Kier alpha value is -0.610. The van der Waals surface area contributed by atoms with E-state index in [0.717, 1.165) is 26.2 Å². The maximum absolute atomic E-state index is 12.1. The molecule has 2 saturated heterocycles. The van der Waals surface area contributed by atoms with Crippen molar-refractivity contribution in [2.45, 2.75) is 25.9 Å². The number of fused-ring (bicyclic) bond motifs is 1. The van der Waals surface area contributed by atoms with Crippen LogP contribution in [0, 0.1) is 5.92 Å². The summed E-state index contributed by atoms with van der Waals surface area (Å²) in [6.07, 6.45) is 0. The lowest BCUT2D eigenvalue weighted by molar-refractivity contribution is -0.146. The van der Waals surface area contributed by atoms with E-state index in [1.165, 1.54) is 0 Å². The first-order chi connectivity index (χ1) is 7.11. The molecule has 86 valence electrons. The third-order valence-electron chi connectivity index (χ3n) is 3.68. The fraction of sp³-hybridized carbons (Fsp3) is 0.909. The van der Waals surface area contributed by atoms with Gasteiger partial charge < -0.3 is 10.2 Å². The molecular weight excluding hydrogens is 190 g/mol. The van der Waals surface area contributed by atoms with Crippen LogP contribution in [-0.2, 0) is 4.79 Å². The molecule has 15 heavy (non-hydrogen) atoms. The molecule has 1 amide bonds. The summed E-state index contributed by atoms with van der Waals surface area (Å²) in [5, 5.41) is 3.29. The Morgan fingerprint density at radius 1 is 1.47 bits per heavy atom. The lowest BCUT2D eigenvalue weighted by Gasteiger charge is -2.47. The van der Waals surface area contributed by atoms with Crippen LogP contribution in [0.1, 0.15) is 13.8 Å². The SMILES string of the molecule is CC(C)C1CN2CCNC[C@H]2C(=O)N1C. The van der Waals surface area contributed by atoms with Crippen LogP contribution < -0.4 is 5.32 Å². The Morgan fingerprint density at radius 2 is 2.20 bits per heavy atom. The van der Waals surface area contributed by atoms with Crippen molar-refractivity contribution in [2.75, 3.05) is 33.2 Å².